The van der Waals surface area contributed by atoms with Crippen LogP contribution in [0.25, 0.3) is 0 Å². The van der Waals surface area contributed by atoms with E-state index in [1.807, 2.05) is 6.07 Å². The van der Waals surface area contributed by atoms with E-state index in [9.17, 15) is 0 Å². The molecule has 0 spiro atoms. The monoisotopic (exact) mass is 204 g/mol. The Balaban J connectivity index is 1.68. The highest BCUT2D eigenvalue weighted by atomic mass is 16.3. The minimum Gasteiger partial charge on any atom is -0.506 e. The van der Waals surface area contributed by atoms with E-state index in [0.717, 1.165) is 24.2 Å². The number of aromatic hydroxyl groups is 1. The van der Waals surface area contributed by atoms with Crippen molar-refractivity contribution >= 4 is 0 Å². The molecule has 2 atom stereocenters. The van der Waals surface area contributed by atoms with Gasteiger partial charge in [0.2, 0.25) is 0 Å². The number of likely N-dealkylation sites (tertiary alicyclic amines) is 1. The molecule has 2 fully saturated rings. The van der Waals surface area contributed by atoms with E-state index in [4.69, 9.17) is 5.11 Å². The number of hydrogen-bond acceptors (Lipinski definition) is 3. The molecule has 3 heteroatoms. The highest BCUT2D eigenvalue weighted by molar-refractivity contribution is 5.18. The third-order valence-corrected chi connectivity index (χ3v) is 3.70. The number of pyridine rings is 1. The minimum absolute atomic E-state index is 0.252. The number of hydrogen-bond donors (Lipinski definition) is 1. The fourth-order valence-electron chi connectivity index (χ4n) is 2.94. The van der Waals surface area contributed by atoms with Crippen LogP contribution in [-0.2, 0) is 6.54 Å². The molecule has 2 bridgehead atoms. The molecule has 2 heterocycles. The van der Waals surface area contributed by atoms with Crippen LogP contribution in [0.2, 0.25) is 0 Å². The van der Waals surface area contributed by atoms with Crippen LogP contribution < -0.4 is 0 Å². The van der Waals surface area contributed by atoms with Gasteiger partial charge in [-0.2, -0.15) is 0 Å². The predicted molar refractivity (Wildman–Crippen MR) is 57.4 cm³/mol. The van der Waals surface area contributed by atoms with Gasteiger partial charge >= 0.3 is 0 Å². The highest BCUT2D eigenvalue weighted by Gasteiger charge is 2.37. The molecule has 1 saturated heterocycles. The highest BCUT2D eigenvalue weighted by Crippen LogP contribution is 2.37. The fourth-order valence-corrected chi connectivity index (χ4v) is 2.94. The summed E-state index contributed by atoms with van der Waals surface area (Å²) >= 11 is 0. The van der Waals surface area contributed by atoms with E-state index in [1.54, 1.807) is 6.07 Å². The Bertz CT molecular complexity index is 349. The summed E-state index contributed by atoms with van der Waals surface area (Å²) in [6.45, 7) is 2.19. The van der Waals surface area contributed by atoms with Gasteiger partial charge in [0.1, 0.15) is 5.75 Å². The van der Waals surface area contributed by atoms with Gasteiger partial charge < -0.3 is 5.11 Å². The minimum atomic E-state index is 0.252. The molecule has 1 aliphatic carbocycles. The largest absolute Gasteiger partial charge is 0.506 e. The summed E-state index contributed by atoms with van der Waals surface area (Å²) in [6.07, 6.45) is 5.70. The molecule has 3 nitrogen and oxygen atoms in total. The SMILES string of the molecule is Oc1ccc(CN2CC3CCC2C3)nc1. The molecule has 1 N–H and O–H groups in total. The Morgan fingerprint density at radius 2 is 2.33 bits per heavy atom. The summed E-state index contributed by atoms with van der Waals surface area (Å²) < 4.78 is 0. The zero-order chi connectivity index (χ0) is 10.3. The lowest BCUT2D eigenvalue weighted by atomic mass is 10.1. The van der Waals surface area contributed by atoms with Gasteiger partial charge in [-0.05, 0) is 37.3 Å². The molecule has 0 aromatic carbocycles. The van der Waals surface area contributed by atoms with E-state index < -0.39 is 0 Å². The van der Waals surface area contributed by atoms with Crippen LogP contribution in [0.3, 0.4) is 0 Å². The second-order valence-corrected chi connectivity index (χ2v) is 4.77. The molecule has 0 radical (unpaired) electrons. The molecule has 80 valence electrons. The first kappa shape index (κ1) is 9.16. The van der Waals surface area contributed by atoms with Crippen LogP contribution >= 0.6 is 0 Å². The quantitative estimate of drug-likeness (QED) is 0.797. The normalized spacial score (nSPS) is 29.9. The lowest BCUT2D eigenvalue weighted by Crippen LogP contribution is -2.31. The number of fused-ring (bicyclic) bond motifs is 2. The molecule has 1 aromatic rings. The van der Waals surface area contributed by atoms with Crippen LogP contribution in [0.4, 0.5) is 0 Å². The topological polar surface area (TPSA) is 36.4 Å². The Labute approximate surface area is 89.7 Å². The Kier molecular flexibility index (Phi) is 2.13. The molecule has 3 rings (SSSR count). The van der Waals surface area contributed by atoms with Crippen molar-refractivity contribution in [1.29, 1.82) is 0 Å². The van der Waals surface area contributed by atoms with Crippen LogP contribution in [0.15, 0.2) is 18.3 Å². The first-order chi connectivity index (χ1) is 7.31. The van der Waals surface area contributed by atoms with Gasteiger partial charge in [-0.3, -0.25) is 9.88 Å². The van der Waals surface area contributed by atoms with Crippen LogP contribution in [0, 0.1) is 5.92 Å². The van der Waals surface area contributed by atoms with E-state index in [-0.39, 0.29) is 5.75 Å². The van der Waals surface area contributed by atoms with Crippen molar-refractivity contribution in [2.75, 3.05) is 6.54 Å². The number of aromatic nitrogens is 1. The van der Waals surface area contributed by atoms with Gasteiger partial charge in [-0.25, -0.2) is 0 Å². The van der Waals surface area contributed by atoms with Gasteiger partial charge in [-0.15, -0.1) is 0 Å². The molecule has 15 heavy (non-hydrogen) atoms. The number of rotatable bonds is 2. The van der Waals surface area contributed by atoms with Gasteiger partial charge in [0.05, 0.1) is 11.9 Å². The van der Waals surface area contributed by atoms with E-state index in [1.165, 1.54) is 32.0 Å². The first-order valence-corrected chi connectivity index (χ1v) is 5.69. The van der Waals surface area contributed by atoms with Crippen molar-refractivity contribution in [1.82, 2.24) is 9.88 Å². The third-order valence-electron chi connectivity index (χ3n) is 3.70. The third kappa shape index (κ3) is 1.72. The summed E-state index contributed by atoms with van der Waals surface area (Å²) in [4.78, 5) is 6.77. The van der Waals surface area contributed by atoms with E-state index in [0.29, 0.717) is 0 Å². The van der Waals surface area contributed by atoms with Gasteiger partial charge in [0, 0.05) is 19.1 Å². The van der Waals surface area contributed by atoms with Crippen molar-refractivity contribution in [3.05, 3.63) is 24.0 Å². The lowest BCUT2D eigenvalue weighted by molar-refractivity contribution is 0.203. The van der Waals surface area contributed by atoms with Gasteiger partial charge in [0.15, 0.2) is 0 Å². The molecule has 1 aliphatic heterocycles. The molecular weight excluding hydrogens is 188 g/mol. The fraction of sp³-hybridized carbons (Fsp3) is 0.583. The summed E-state index contributed by atoms with van der Waals surface area (Å²) in [5.41, 5.74) is 1.07. The molecular formula is C12H16N2O. The summed E-state index contributed by atoms with van der Waals surface area (Å²) in [7, 11) is 0. The Morgan fingerprint density at radius 1 is 1.40 bits per heavy atom. The van der Waals surface area contributed by atoms with Crippen molar-refractivity contribution in [2.45, 2.75) is 31.8 Å². The Hall–Kier alpha value is -1.09. The number of nitrogens with zero attached hydrogens (tertiary/aromatic N) is 2. The maximum atomic E-state index is 9.15. The van der Waals surface area contributed by atoms with Crippen molar-refractivity contribution in [3.63, 3.8) is 0 Å². The second-order valence-electron chi connectivity index (χ2n) is 4.77. The maximum Gasteiger partial charge on any atom is 0.133 e. The van der Waals surface area contributed by atoms with E-state index in [2.05, 4.69) is 9.88 Å². The number of piperidine rings is 1. The van der Waals surface area contributed by atoms with Crippen LogP contribution in [-0.4, -0.2) is 27.6 Å². The van der Waals surface area contributed by atoms with Gasteiger partial charge in [-0.1, -0.05) is 0 Å². The maximum absolute atomic E-state index is 9.15. The van der Waals surface area contributed by atoms with Crippen LogP contribution in [0.5, 0.6) is 5.75 Å². The average Bonchev–Trinajstić information content (AvgIpc) is 2.83. The second kappa shape index (κ2) is 3.49. The molecule has 2 unspecified atom stereocenters. The molecule has 1 saturated carbocycles. The average molecular weight is 204 g/mol. The first-order valence-electron chi connectivity index (χ1n) is 5.69. The molecule has 2 aliphatic rings. The van der Waals surface area contributed by atoms with Gasteiger partial charge in [0.25, 0.3) is 0 Å². The summed E-state index contributed by atoms with van der Waals surface area (Å²) in [5, 5.41) is 9.15. The van der Waals surface area contributed by atoms with Crippen molar-refractivity contribution in [3.8, 4) is 5.75 Å². The van der Waals surface area contributed by atoms with E-state index >= 15 is 0 Å². The molecule has 1 aromatic heterocycles. The molecule has 0 amide bonds. The smallest absolute Gasteiger partial charge is 0.133 e. The lowest BCUT2D eigenvalue weighted by Gasteiger charge is -2.26. The standard InChI is InChI=1S/C12H16N2O/c15-12-4-2-10(13-6-12)8-14-7-9-1-3-11(14)5-9/h2,4,6,9,11,15H,1,3,5,7-8H2. The zero-order valence-electron chi connectivity index (χ0n) is 8.76. The van der Waals surface area contributed by atoms with Crippen molar-refractivity contribution in [2.24, 2.45) is 5.92 Å². The Morgan fingerprint density at radius 3 is 2.93 bits per heavy atom. The van der Waals surface area contributed by atoms with Crippen molar-refractivity contribution < 1.29 is 5.11 Å². The summed E-state index contributed by atoms with van der Waals surface area (Å²) in [6, 6.07) is 4.43. The predicted octanol–water partition coefficient (Wildman–Crippen LogP) is 1.77. The summed E-state index contributed by atoms with van der Waals surface area (Å²) in [5.74, 6) is 1.19. The zero-order valence-corrected chi connectivity index (χ0v) is 8.76. The van der Waals surface area contributed by atoms with Crippen LogP contribution in [0.1, 0.15) is 25.0 Å².